The monoisotopic (exact) mass is 294 g/mol. The molecule has 1 nitrogen and oxygen atoms in total. The van der Waals surface area contributed by atoms with Crippen LogP contribution in [0.25, 0.3) is 0 Å². The highest BCUT2D eigenvalue weighted by Gasteiger charge is 1.91. The molecule has 0 bridgehead atoms. The Bertz CT molecular complexity index is 220. The highest BCUT2D eigenvalue weighted by Crippen LogP contribution is 2.09. The molecule has 1 heteroatoms. The second-order valence-electron chi connectivity index (χ2n) is 5.98. The zero-order chi connectivity index (χ0) is 15.4. The maximum atomic E-state index is 5.11. The van der Waals surface area contributed by atoms with E-state index in [-0.39, 0.29) is 0 Å². The zero-order valence-corrected chi connectivity index (χ0v) is 14.5. The first kappa shape index (κ1) is 20.3. The lowest BCUT2D eigenvalue weighted by Gasteiger charge is -2.01. The molecule has 124 valence electrons. The minimum Gasteiger partial charge on any atom is -0.502 e. The van der Waals surface area contributed by atoms with E-state index in [9.17, 15) is 0 Å². The van der Waals surface area contributed by atoms with Gasteiger partial charge in [0.1, 0.15) is 0 Å². The second kappa shape index (κ2) is 19.3. The number of allylic oxidation sites excluding steroid dienone is 2. The van der Waals surface area contributed by atoms with Crippen molar-refractivity contribution < 1.29 is 4.74 Å². The number of hydrogen-bond donors (Lipinski definition) is 0. The molecule has 0 aliphatic carbocycles. The van der Waals surface area contributed by atoms with Crippen LogP contribution in [0.15, 0.2) is 25.0 Å². The summed E-state index contributed by atoms with van der Waals surface area (Å²) >= 11 is 0. The summed E-state index contributed by atoms with van der Waals surface area (Å²) in [5.41, 5.74) is 0. The molecule has 0 aliphatic heterocycles. The van der Waals surface area contributed by atoms with E-state index in [4.69, 9.17) is 4.74 Å². The van der Waals surface area contributed by atoms with Crippen molar-refractivity contribution >= 4 is 0 Å². The molecule has 0 radical (unpaired) electrons. The third-order valence-corrected chi connectivity index (χ3v) is 3.89. The molecule has 0 aromatic carbocycles. The summed E-state index contributed by atoms with van der Waals surface area (Å²) in [6.45, 7) is 6.66. The van der Waals surface area contributed by atoms with Gasteiger partial charge in [0.15, 0.2) is 0 Å². The smallest absolute Gasteiger partial charge is 0.0873 e. The molecule has 0 spiro atoms. The topological polar surface area (TPSA) is 9.23 Å². The molecule has 0 amide bonds. The number of hydrogen-bond acceptors (Lipinski definition) is 1. The van der Waals surface area contributed by atoms with E-state index in [1.54, 1.807) is 0 Å². The molecule has 0 heterocycles. The van der Waals surface area contributed by atoms with Crippen LogP contribution >= 0.6 is 0 Å². The molecule has 0 fully saturated rings. The van der Waals surface area contributed by atoms with Gasteiger partial charge < -0.3 is 4.74 Å². The predicted molar refractivity (Wildman–Crippen MR) is 95.6 cm³/mol. The van der Waals surface area contributed by atoms with Crippen molar-refractivity contribution in [3.63, 3.8) is 0 Å². The Morgan fingerprint density at radius 2 is 1.14 bits per heavy atom. The number of ether oxygens (including phenoxy) is 1. The van der Waals surface area contributed by atoms with Crippen LogP contribution in [0.1, 0.15) is 96.8 Å². The van der Waals surface area contributed by atoms with Crippen LogP contribution < -0.4 is 0 Å². The highest BCUT2D eigenvalue weighted by atomic mass is 16.5. The van der Waals surface area contributed by atoms with Crippen LogP contribution in [0.5, 0.6) is 0 Å². The molecule has 0 saturated carbocycles. The van der Waals surface area contributed by atoms with Gasteiger partial charge in [-0.2, -0.15) is 0 Å². The normalized spacial score (nSPS) is 11.1. The van der Waals surface area contributed by atoms with Crippen molar-refractivity contribution in [3.05, 3.63) is 25.0 Å². The van der Waals surface area contributed by atoms with E-state index in [2.05, 4.69) is 25.7 Å². The second-order valence-corrected chi connectivity index (χ2v) is 5.98. The Labute approximate surface area is 133 Å². The van der Waals surface area contributed by atoms with Crippen LogP contribution in [0.2, 0.25) is 0 Å². The maximum Gasteiger partial charge on any atom is 0.0873 e. The fraction of sp³-hybridized carbons (Fsp3) is 0.800. The van der Waals surface area contributed by atoms with Crippen LogP contribution in [0.4, 0.5) is 0 Å². The predicted octanol–water partition coefficient (Wildman–Crippen LogP) is 7.18. The van der Waals surface area contributed by atoms with Gasteiger partial charge in [-0.3, -0.25) is 0 Å². The largest absolute Gasteiger partial charge is 0.502 e. The van der Waals surface area contributed by atoms with Crippen LogP contribution in [0, 0.1) is 0 Å². The van der Waals surface area contributed by atoms with Gasteiger partial charge in [0.05, 0.1) is 12.9 Å². The van der Waals surface area contributed by atoms with Gasteiger partial charge in [-0.15, -0.1) is 0 Å². The molecule has 0 N–H and O–H groups in total. The molecule has 0 aromatic rings. The number of rotatable bonds is 17. The van der Waals surface area contributed by atoms with Gasteiger partial charge in [-0.1, -0.05) is 83.4 Å². The summed E-state index contributed by atoms with van der Waals surface area (Å²) in [5.74, 6) is 0. The first-order valence-electron chi connectivity index (χ1n) is 9.29. The Kier molecular flexibility index (Phi) is 18.6. The summed E-state index contributed by atoms with van der Waals surface area (Å²) < 4.78 is 5.11. The van der Waals surface area contributed by atoms with E-state index < -0.39 is 0 Å². The van der Waals surface area contributed by atoms with E-state index >= 15 is 0 Å². The van der Waals surface area contributed by atoms with Crippen molar-refractivity contribution in [2.45, 2.75) is 96.8 Å². The fourth-order valence-electron chi connectivity index (χ4n) is 2.52. The summed E-state index contributed by atoms with van der Waals surface area (Å²) in [6, 6.07) is 0. The van der Waals surface area contributed by atoms with Crippen molar-refractivity contribution in [1.82, 2.24) is 0 Å². The van der Waals surface area contributed by atoms with Crippen LogP contribution in [0.3, 0.4) is 0 Å². The molecule has 0 aromatic heterocycles. The minimum atomic E-state index is 0.838. The standard InChI is InChI=1S/C20H38O/c1-3-5-6-7-8-9-10-11-12-13-14-15-16-17-18-19-20-21-4-2/h4,11-12H,2-3,5-10,13-20H2,1H3. The van der Waals surface area contributed by atoms with Crippen molar-refractivity contribution in [2.24, 2.45) is 0 Å². The van der Waals surface area contributed by atoms with E-state index in [1.807, 2.05) is 0 Å². The average molecular weight is 295 g/mol. The van der Waals surface area contributed by atoms with Crippen LogP contribution in [-0.4, -0.2) is 6.61 Å². The molecular weight excluding hydrogens is 256 g/mol. The van der Waals surface area contributed by atoms with Crippen molar-refractivity contribution in [3.8, 4) is 0 Å². The van der Waals surface area contributed by atoms with Gasteiger partial charge in [-0.05, 0) is 32.1 Å². The van der Waals surface area contributed by atoms with Gasteiger partial charge >= 0.3 is 0 Å². The first-order chi connectivity index (χ1) is 10.4. The Hall–Kier alpha value is -0.720. The molecule has 0 rings (SSSR count). The van der Waals surface area contributed by atoms with Gasteiger partial charge in [0, 0.05) is 0 Å². The zero-order valence-electron chi connectivity index (χ0n) is 14.5. The molecule has 0 atom stereocenters. The maximum absolute atomic E-state index is 5.11. The lowest BCUT2D eigenvalue weighted by Crippen LogP contribution is -1.87. The molecule has 0 aliphatic rings. The lowest BCUT2D eigenvalue weighted by molar-refractivity contribution is 0.241. The first-order valence-corrected chi connectivity index (χ1v) is 9.29. The van der Waals surface area contributed by atoms with E-state index in [0.29, 0.717) is 0 Å². The molecule has 0 saturated heterocycles. The van der Waals surface area contributed by atoms with Gasteiger partial charge in [-0.25, -0.2) is 0 Å². The SMILES string of the molecule is C=COCCCCCCCCC=CCCCCCCCC. The van der Waals surface area contributed by atoms with E-state index in [1.165, 1.54) is 96.2 Å². The Morgan fingerprint density at radius 1 is 0.667 bits per heavy atom. The fourth-order valence-corrected chi connectivity index (χ4v) is 2.52. The highest BCUT2D eigenvalue weighted by molar-refractivity contribution is 4.81. The number of unbranched alkanes of at least 4 members (excludes halogenated alkanes) is 12. The van der Waals surface area contributed by atoms with E-state index in [0.717, 1.165) is 6.61 Å². The molecule has 0 unspecified atom stereocenters. The van der Waals surface area contributed by atoms with Gasteiger partial charge in [0.25, 0.3) is 0 Å². The Balaban J connectivity index is 3.03. The van der Waals surface area contributed by atoms with Crippen LogP contribution in [-0.2, 0) is 4.74 Å². The van der Waals surface area contributed by atoms with Crippen molar-refractivity contribution in [1.29, 1.82) is 0 Å². The molecule has 21 heavy (non-hydrogen) atoms. The van der Waals surface area contributed by atoms with Crippen molar-refractivity contribution in [2.75, 3.05) is 6.61 Å². The third-order valence-electron chi connectivity index (χ3n) is 3.89. The quantitative estimate of drug-likeness (QED) is 0.157. The summed E-state index contributed by atoms with van der Waals surface area (Å²) in [7, 11) is 0. The average Bonchev–Trinajstić information content (AvgIpc) is 2.50. The summed E-state index contributed by atoms with van der Waals surface area (Å²) in [4.78, 5) is 0. The minimum absolute atomic E-state index is 0.838. The molecular formula is C20H38O. The lowest BCUT2D eigenvalue weighted by atomic mass is 10.1. The summed E-state index contributed by atoms with van der Waals surface area (Å²) in [6.07, 6.45) is 25.2. The third kappa shape index (κ3) is 19.3. The van der Waals surface area contributed by atoms with Gasteiger partial charge in [0.2, 0.25) is 0 Å². The summed E-state index contributed by atoms with van der Waals surface area (Å²) in [5, 5.41) is 0. The Morgan fingerprint density at radius 3 is 1.67 bits per heavy atom.